The van der Waals surface area contributed by atoms with E-state index in [1.165, 1.54) is 37.8 Å². The lowest BCUT2D eigenvalue weighted by atomic mass is 10.0. The van der Waals surface area contributed by atoms with E-state index < -0.39 is 5.82 Å². The molecule has 128 valence electrons. The van der Waals surface area contributed by atoms with Gasteiger partial charge in [0.1, 0.15) is 5.82 Å². The summed E-state index contributed by atoms with van der Waals surface area (Å²) in [5, 5.41) is 6.92. The van der Waals surface area contributed by atoms with Crippen LogP contribution in [0.15, 0.2) is 18.2 Å². The Balaban J connectivity index is 1.85. The van der Waals surface area contributed by atoms with Gasteiger partial charge >= 0.3 is 0 Å². The number of halogens is 2. The molecule has 1 aromatic rings. The SMILES string of the molecule is CC(C)(CNC(=S)Nc1ccc(F)c(Cl)c1)N1CCCCCC1. The van der Waals surface area contributed by atoms with E-state index in [0.29, 0.717) is 10.8 Å². The second-order valence-corrected chi connectivity index (χ2v) is 7.47. The maximum atomic E-state index is 13.2. The molecule has 0 aromatic heterocycles. The van der Waals surface area contributed by atoms with Gasteiger partial charge in [-0.1, -0.05) is 24.4 Å². The molecule has 2 rings (SSSR count). The summed E-state index contributed by atoms with van der Waals surface area (Å²) in [7, 11) is 0. The van der Waals surface area contributed by atoms with Gasteiger partial charge in [-0.15, -0.1) is 0 Å². The molecule has 0 spiro atoms. The molecule has 0 amide bonds. The van der Waals surface area contributed by atoms with Crippen LogP contribution in [0.5, 0.6) is 0 Å². The van der Waals surface area contributed by atoms with Crippen molar-refractivity contribution in [2.24, 2.45) is 0 Å². The zero-order valence-corrected chi connectivity index (χ0v) is 15.4. The van der Waals surface area contributed by atoms with E-state index in [2.05, 4.69) is 29.4 Å². The number of nitrogens with zero attached hydrogens (tertiary/aromatic N) is 1. The first-order valence-electron chi connectivity index (χ1n) is 8.13. The van der Waals surface area contributed by atoms with Crippen LogP contribution < -0.4 is 10.6 Å². The molecule has 0 saturated carbocycles. The van der Waals surface area contributed by atoms with Crippen molar-refractivity contribution in [3.63, 3.8) is 0 Å². The minimum absolute atomic E-state index is 0.0382. The molecule has 0 aliphatic carbocycles. The molecular weight excluding hydrogens is 333 g/mol. The van der Waals surface area contributed by atoms with Crippen LogP contribution in [0.25, 0.3) is 0 Å². The Morgan fingerprint density at radius 1 is 1.26 bits per heavy atom. The van der Waals surface area contributed by atoms with Gasteiger partial charge < -0.3 is 10.6 Å². The number of benzene rings is 1. The fourth-order valence-corrected chi connectivity index (χ4v) is 3.20. The molecule has 0 atom stereocenters. The monoisotopic (exact) mass is 357 g/mol. The summed E-state index contributed by atoms with van der Waals surface area (Å²) in [4.78, 5) is 2.53. The number of thiocarbonyl (C=S) groups is 1. The minimum Gasteiger partial charge on any atom is -0.361 e. The molecule has 1 aliphatic rings. The summed E-state index contributed by atoms with van der Waals surface area (Å²) < 4.78 is 13.2. The number of hydrogen-bond acceptors (Lipinski definition) is 2. The number of nitrogens with one attached hydrogen (secondary N) is 2. The Labute approximate surface area is 148 Å². The van der Waals surface area contributed by atoms with Gasteiger partial charge in [0.2, 0.25) is 0 Å². The molecule has 1 fully saturated rings. The maximum absolute atomic E-state index is 13.2. The Morgan fingerprint density at radius 2 is 1.91 bits per heavy atom. The third-order valence-electron chi connectivity index (χ3n) is 4.32. The van der Waals surface area contributed by atoms with Gasteiger partial charge in [-0.25, -0.2) is 4.39 Å². The van der Waals surface area contributed by atoms with Crippen molar-refractivity contribution >= 4 is 34.6 Å². The standard InChI is InChI=1S/C17H25ClFN3S/c1-17(2,22-9-5-3-4-6-10-22)12-20-16(23)21-13-7-8-15(19)14(18)11-13/h7-8,11H,3-6,9-10,12H2,1-2H3,(H2,20,21,23). The molecule has 1 saturated heterocycles. The van der Waals surface area contributed by atoms with E-state index in [1.807, 2.05) is 0 Å². The molecular formula is C17H25ClFN3S. The van der Waals surface area contributed by atoms with Crippen molar-refractivity contribution in [3.05, 3.63) is 29.0 Å². The van der Waals surface area contributed by atoms with Crippen LogP contribution in [-0.4, -0.2) is 35.2 Å². The first kappa shape index (κ1) is 18.4. The average Bonchev–Trinajstić information content (AvgIpc) is 2.79. The van der Waals surface area contributed by atoms with Crippen LogP contribution in [0.1, 0.15) is 39.5 Å². The lowest BCUT2D eigenvalue weighted by Crippen LogP contribution is -2.52. The Morgan fingerprint density at radius 3 is 2.52 bits per heavy atom. The van der Waals surface area contributed by atoms with Crippen molar-refractivity contribution < 1.29 is 4.39 Å². The van der Waals surface area contributed by atoms with Crippen molar-refractivity contribution in [1.82, 2.24) is 10.2 Å². The van der Waals surface area contributed by atoms with Gasteiger partial charge in [-0.3, -0.25) is 4.90 Å². The van der Waals surface area contributed by atoms with Crippen LogP contribution in [0.3, 0.4) is 0 Å². The minimum atomic E-state index is -0.432. The van der Waals surface area contributed by atoms with E-state index in [-0.39, 0.29) is 10.6 Å². The molecule has 3 nitrogen and oxygen atoms in total. The van der Waals surface area contributed by atoms with Gasteiger partial charge in [0.15, 0.2) is 5.11 Å². The molecule has 0 bridgehead atoms. The second-order valence-electron chi connectivity index (χ2n) is 6.65. The van der Waals surface area contributed by atoms with Crippen LogP contribution in [0.4, 0.5) is 10.1 Å². The third-order valence-corrected chi connectivity index (χ3v) is 4.86. The Bertz CT molecular complexity index is 543. The molecule has 1 aliphatic heterocycles. The molecule has 23 heavy (non-hydrogen) atoms. The predicted octanol–water partition coefficient (Wildman–Crippen LogP) is 4.42. The van der Waals surface area contributed by atoms with Gasteiger partial charge in [0.25, 0.3) is 0 Å². The number of hydrogen-bond donors (Lipinski definition) is 2. The van der Waals surface area contributed by atoms with Gasteiger partial charge in [0, 0.05) is 17.8 Å². The van der Waals surface area contributed by atoms with E-state index in [1.54, 1.807) is 6.07 Å². The van der Waals surface area contributed by atoms with E-state index >= 15 is 0 Å². The summed E-state index contributed by atoms with van der Waals surface area (Å²) in [6.45, 7) is 7.52. The lowest BCUT2D eigenvalue weighted by Gasteiger charge is -2.38. The molecule has 0 radical (unpaired) electrons. The highest BCUT2D eigenvalue weighted by molar-refractivity contribution is 7.80. The Kier molecular flexibility index (Phi) is 6.62. The van der Waals surface area contributed by atoms with Crippen LogP contribution in [0.2, 0.25) is 5.02 Å². The van der Waals surface area contributed by atoms with E-state index in [9.17, 15) is 4.39 Å². The highest BCUT2D eigenvalue weighted by Crippen LogP contribution is 2.21. The predicted molar refractivity (Wildman–Crippen MR) is 99.8 cm³/mol. The smallest absolute Gasteiger partial charge is 0.170 e. The molecule has 6 heteroatoms. The van der Waals surface area contributed by atoms with Gasteiger partial charge in [-0.05, 0) is 70.2 Å². The van der Waals surface area contributed by atoms with Gasteiger partial charge in [0.05, 0.1) is 5.02 Å². The quantitative estimate of drug-likeness (QED) is 0.780. The maximum Gasteiger partial charge on any atom is 0.170 e. The van der Waals surface area contributed by atoms with Crippen molar-refractivity contribution in [3.8, 4) is 0 Å². The first-order valence-corrected chi connectivity index (χ1v) is 8.92. The van der Waals surface area contributed by atoms with Crippen LogP contribution >= 0.6 is 23.8 Å². The fourth-order valence-electron chi connectivity index (χ4n) is 2.83. The summed E-state index contributed by atoms with van der Waals surface area (Å²) in [6, 6.07) is 4.48. The normalized spacial score (nSPS) is 16.7. The molecule has 0 unspecified atom stereocenters. The van der Waals surface area contributed by atoms with E-state index in [4.69, 9.17) is 23.8 Å². The molecule has 2 N–H and O–H groups in total. The van der Waals surface area contributed by atoms with E-state index in [0.717, 1.165) is 19.6 Å². The second kappa shape index (κ2) is 8.27. The average molecular weight is 358 g/mol. The van der Waals surface area contributed by atoms with Crippen molar-refractivity contribution in [2.75, 3.05) is 25.0 Å². The Hall–Kier alpha value is -0.910. The lowest BCUT2D eigenvalue weighted by molar-refractivity contribution is 0.128. The summed E-state index contributed by atoms with van der Waals surface area (Å²) in [6.07, 6.45) is 5.18. The largest absolute Gasteiger partial charge is 0.361 e. The zero-order valence-electron chi connectivity index (χ0n) is 13.8. The summed E-state index contributed by atoms with van der Waals surface area (Å²) >= 11 is 11.1. The molecule has 1 aromatic carbocycles. The summed E-state index contributed by atoms with van der Waals surface area (Å²) in [5.41, 5.74) is 0.720. The number of likely N-dealkylation sites (tertiary alicyclic amines) is 1. The van der Waals surface area contributed by atoms with Crippen LogP contribution in [-0.2, 0) is 0 Å². The van der Waals surface area contributed by atoms with Crippen LogP contribution in [0, 0.1) is 5.82 Å². The number of anilines is 1. The van der Waals surface area contributed by atoms with Crippen molar-refractivity contribution in [1.29, 1.82) is 0 Å². The summed E-state index contributed by atoms with van der Waals surface area (Å²) in [5.74, 6) is -0.432. The highest BCUT2D eigenvalue weighted by Gasteiger charge is 2.27. The fraction of sp³-hybridized carbons (Fsp3) is 0.588. The van der Waals surface area contributed by atoms with Gasteiger partial charge in [-0.2, -0.15) is 0 Å². The topological polar surface area (TPSA) is 27.3 Å². The number of rotatable bonds is 4. The third kappa shape index (κ3) is 5.59. The highest BCUT2D eigenvalue weighted by atomic mass is 35.5. The molecule has 1 heterocycles. The van der Waals surface area contributed by atoms with Crippen molar-refractivity contribution in [2.45, 2.75) is 45.1 Å². The first-order chi connectivity index (χ1) is 10.9. The zero-order chi connectivity index (χ0) is 16.9.